The molecule has 1 aromatic carbocycles. The van der Waals surface area contributed by atoms with E-state index in [0.717, 1.165) is 0 Å². The van der Waals surface area contributed by atoms with Crippen molar-refractivity contribution in [3.8, 4) is 0 Å². The van der Waals surface area contributed by atoms with Crippen LogP contribution in [0.25, 0.3) is 0 Å². The van der Waals surface area contributed by atoms with E-state index in [1.54, 1.807) is 45.0 Å². The minimum Gasteiger partial charge on any atom is -0.480 e. The quantitative estimate of drug-likeness (QED) is 0.641. The van der Waals surface area contributed by atoms with E-state index in [1.807, 2.05) is 6.07 Å². The Morgan fingerprint density at radius 1 is 1.13 bits per heavy atom. The van der Waals surface area contributed by atoms with Crippen LogP contribution < -0.4 is 16.0 Å². The number of hydrogen-bond acceptors (Lipinski definition) is 3. The van der Waals surface area contributed by atoms with Gasteiger partial charge in [-0.25, -0.2) is 9.59 Å². The fraction of sp³-hybridized carbons (Fsp3) is 0.438. The lowest BCUT2D eigenvalue weighted by Crippen LogP contribution is -2.49. The number of urea groups is 1. The van der Waals surface area contributed by atoms with E-state index in [9.17, 15) is 14.4 Å². The first-order valence-corrected chi connectivity index (χ1v) is 7.32. The maximum Gasteiger partial charge on any atom is 0.326 e. The minimum absolute atomic E-state index is 0.00205. The number of aliphatic carboxylic acids is 1. The van der Waals surface area contributed by atoms with Crippen LogP contribution in [0.5, 0.6) is 0 Å². The van der Waals surface area contributed by atoms with E-state index in [-0.39, 0.29) is 13.0 Å². The molecule has 3 amide bonds. The summed E-state index contributed by atoms with van der Waals surface area (Å²) < 4.78 is 0. The van der Waals surface area contributed by atoms with Crippen LogP contribution in [0.1, 0.15) is 27.2 Å². The lowest BCUT2D eigenvalue weighted by molar-refractivity contribution is -0.144. The number of carbonyl (C=O) groups excluding carboxylic acids is 2. The van der Waals surface area contributed by atoms with Gasteiger partial charge < -0.3 is 21.1 Å². The smallest absolute Gasteiger partial charge is 0.326 e. The number of rotatable bonds is 6. The molecule has 7 heteroatoms. The normalized spacial score (nSPS) is 12.1. The first-order chi connectivity index (χ1) is 10.7. The summed E-state index contributed by atoms with van der Waals surface area (Å²) >= 11 is 0. The summed E-state index contributed by atoms with van der Waals surface area (Å²) in [6.45, 7) is 5.31. The second-order valence-electron chi connectivity index (χ2n) is 6.20. The molecule has 0 saturated heterocycles. The zero-order valence-electron chi connectivity index (χ0n) is 13.6. The van der Waals surface area contributed by atoms with Gasteiger partial charge in [-0.2, -0.15) is 0 Å². The van der Waals surface area contributed by atoms with Crippen LogP contribution in [0.2, 0.25) is 0 Å². The molecule has 1 aromatic rings. The Hall–Kier alpha value is -2.57. The fourth-order valence-electron chi connectivity index (χ4n) is 1.87. The fourth-order valence-corrected chi connectivity index (χ4v) is 1.87. The van der Waals surface area contributed by atoms with Crippen LogP contribution >= 0.6 is 0 Å². The SMILES string of the molecule is CC(C)(C)[C@@H](NC(=O)CCNC(=O)Nc1ccccc1)C(=O)O. The van der Waals surface area contributed by atoms with E-state index < -0.39 is 29.4 Å². The van der Waals surface area contributed by atoms with Gasteiger partial charge in [-0.15, -0.1) is 0 Å². The van der Waals surface area contributed by atoms with Gasteiger partial charge in [-0.05, 0) is 17.5 Å². The van der Waals surface area contributed by atoms with Crippen molar-refractivity contribution in [2.45, 2.75) is 33.2 Å². The Labute approximate surface area is 135 Å². The molecular formula is C16H23N3O4. The molecule has 0 aliphatic heterocycles. The van der Waals surface area contributed by atoms with E-state index in [2.05, 4.69) is 16.0 Å². The van der Waals surface area contributed by atoms with Gasteiger partial charge in [0.1, 0.15) is 6.04 Å². The van der Waals surface area contributed by atoms with Gasteiger partial charge in [0.25, 0.3) is 0 Å². The Bertz CT molecular complexity index is 552. The van der Waals surface area contributed by atoms with Crippen molar-refractivity contribution < 1.29 is 19.5 Å². The van der Waals surface area contributed by atoms with Gasteiger partial charge in [0.05, 0.1) is 0 Å². The van der Waals surface area contributed by atoms with Gasteiger partial charge in [0.2, 0.25) is 5.91 Å². The average molecular weight is 321 g/mol. The Morgan fingerprint density at radius 3 is 2.26 bits per heavy atom. The molecule has 0 unspecified atom stereocenters. The number of nitrogens with one attached hydrogen (secondary N) is 3. The van der Waals surface area contributed by atoms with E-state index in [4.69, 9.17) is 5.11 Å². The maximum absolute atomic E-state index is 11.8. The van der Waals surface area contributed by atoms with E-state index in [1.165, 1.54) is 0 Å². The zero-order chi connectivity index (χ0) is 17.5. The van der Waals surface area contributed by atoms with Crippen molar-refractivity contribution in [1.29, 1.82) is 0 Å². The molecule has 0 fully saturated rings. The molecular weight excluding hydrogens is 298 g/mol. The third-order valence-electron chi connectivity index (χ3n) is 3.09. The molecule has 1 rings (SSSR count). The number of hydrogen-bond donors (Lipinski definition) is 4. The average Bonchev–Trinajstić information content (AvgIpc) is 2.44. The number of carboxylic acids is 1. The van der Waals surface area contributed by atoms with Crippen molar-refractivity contribution in [2.24, 2.45) is 5.41 Å². The van der Waals surface area contributed by atoms with Gasteiger partial charge in [-0.3, -0.25) is 4.79 Å². The van der Waals surface area contributed by atoms with Crippen molar-refractivity contribution >= 4 is 23.6 Å². The predicted octanol–water partition coefficient (Wildman–Crippen LogP) is 1.81. The number of carbonyl (C=O) groups is 3. The molecule has 0 spiro atoms. The van der Waals surface area contributed by atoms with Crippen LogP contribution in [-0.2, 0) is 9.59 Å². The highest BCUT2D eigenvalue weighted by Gasteiger charge is 2.32. The van der Waals surface area contributed by atoms with Crippen LogP contribution in [0, 0.1) is 5.41 Å². The third-order valence-corrected chi connectivity index (χ3v) is 3.09. The number of benzene rings is 1. The minimum atomic E-state index is -1.08. The molecule has 0 radical (unpaired) electrons. The second-order valence-corrected chi connectivity index (χ2v) is 6.20. The highest BCUT2D eigenvalue weighted by molar-refractivity contribution is 5.89. The lowest BCUT2D eigenvalue weighted by atomic mass is 9.86. The number of carboxylic acid groups (broad SMARTS) is 1. The highest BCUT2D eigenvalue weighted by Crippen LogP contribution is 2.19. The molecule has 0 aromatic heterocycles. The van der Waals surface area contributed by atoms with Crippen molar-refractivity contribution in [2.75, 3.05) is 11.9 Å². The lowest BCUT2D eigenvalue weighted by Gasteiger charge is -2.27. The van der Waals surface area contributed by atoms with Crippen molar-refractivity contribution in [1.82, 2.24) is 10.6 Å². The van der Waals surface area contributed by atoms with Crippen LogP contribution in [0.4, 0.5) is 10.5 Å². The number of amides is 3. The zero-order valence-corrected chi connectivity index (χ0v) is 13.6. The summed E-state index contributed by atoms with van der Waals surface area (Å²) in [5.41, 5.74) is 0.0488. The van der Waals surface area contributed by atoms with Crippen LogP contribution in [0.3, 0.4) is 0 Å². The summed E-state index contributed by atoms with van der Waals surface area (Å²) in [6, 6.07) is 7.51. The maximum atomic E-state index is 11.8. The Balaban J connectivity index is 2.36. The third kappa shape index (κ3) is 6.82. The van der Waals surface area contributed by atoms with Crippen LogP contribution in [0.15, 0.2) is 30.3 Å². The number of para-hydroxylation sites is 1. The topological polar surface area (TPSA) is 108 Å². The first-order valence-electron chi connectivity index (χ1n) is 7.32. The molecule has 126 valence electrons. The monoisotopic (exact) mass is 321 g/mol. The predicted molar refractivity (Wildman–Crippen MR) is 87.1 cm³/mol. The van der Waals surface area contributed by atoms with Crippen molar-refractivity contribution in [3.63, 3.8) is 0 Å². The van der Waals surface area contributed by atoms with E-state index in [0.29, 0.717) is 5.69 Å². The molecule has 23 heavy (non-hydrogen) atoms. The summed E-state index contributed by atoms with van der Waals surface area (Å²) in [6.07, 6.45) is 0.00205. The molecule has 7 nitrogen and oxygen atoms in total. The van der Waals surface area contributed by atoms with Crippen LogP contribution in [-0.4, -0.2) is 35.6 Å². The summed E-state index contributed by atoms with van der Waals surface area (Å²) in [4.78, 5) is 34.6. The number of anilines is 1. The largest absolute Gasteiger partial charge is 0.480 e. The van der Waals surface area contributed by atoms with Crippen molar-refractivity contribution in [3.05, 3.63) is 30.3 Å². The Kier molecular flexibility index (Phi) is 6.56. The molecule has 0 aliphatic rings. The molecule has 0 aliphatic carbocycles. The van der Waals surface area contributed by atoms with Gasteiger partial charge in [0.15, 0.2) is 0 Å². The summed E-state index contributed by atoms with van der Waals surface area (Å²) in [5, 5.41) is 16.8. The van der Waals surface area contributed by atoms with Gasteiger partial charge >= 0.3 is 12.0 Å². The Morgan fingerprint density at radius 2 is 1.74 bits per heavy atom. The first kappa shape index (κ1) is 18.5. The van der Waals surface area contributed by atoms with Gasteiger partial charge in [-0.1, -0.05) is 39.0 Å². The molecule has 0 bridgehead atoms. The highest BCUT2D eigenvalue weighted by atomic mass is 16.4. The molecule has 0 saturated carbocycles. The second kappa shape index (κ2) is 8.17. The summed E-state index contributed by atoms with van der Waals surface area (Å²) in [5.74, 6) is -1.51. The van der Waals surface area contributed by atoms with Gasteiger partial charge in [0, 0.05) is 18.7 Å². The molecule has 4 N–H and O–H groups in total. The van der Waals surface area contributed by atoms with E-state index >= 15 is 0 Å². The molecule has 1 atom stereocenters. The summed E-state index contributed by atoms with van der Waals surface area (Å²) in [7, 11) is 0. The molecule has 0 heterocycles. The standard InChI is InChI=1S/C16H23N3O4/c1-16(2,3)13(14(21)22)19-12(20)9-10-17-15(23)18-11-7-5-4-6-8-11/h4-8,13H,9-10H2,1-3H3,(H,19,20)(H,21,22)(H2,17,18,23)/t13-/m0/s1.